The van der Waals surface area contributed by atoms with Crippen molar-refractivity contribution in [2.75, 3.05) is 0 Å². The van der Waals surface area contributed by atoms with E-state index in [1.54, 1.807) is 6.07 Å². The van der Waals surface area contributed by atoms with E-state index in [1.807, 2.05) is 13.0 Å². The van der Waals surface area contributed by atoms with Gasteiger partial charge in [0.15, 0.2) is 5.16 Å². The molecule has 2 atom stereocenters. The second-order valence-corrected chi connectivity index (χ2v) is 5.09. The van der Waals surface area contributed by atoms with Crippen LogP contribution in [0.3, 0.4) is 0 Å². The molecule has 18 heavy (non-hydrogen) atoms. The van der Waals surface area contributed by atoms with Crippen molar-refractivity contribution in [3.63, 3.8) is 0 Å². The summed E-state index contributed by atoms with van der Waals surface area (Å²) in [6, 6.07) is 6.45. The zero-order chi connectivity index (χ0) is 13.0. The molecule has 0 radical (unpaired) electrons. The Bertz CT molecular complexity index is 489. The van der Waals surface area contributed by atoms with Crippen molar-refractivity contribution in [1.82, 2.24) is 15.2 Å². The van der Waals surface area contributed by atoms with Gasteiger partial charge >= 0.3 is 0 Å². The third-order valence-electron chi connectivity index (χ3n) is 2.67. The fourth-order valence-electron chi connectivity index (χ4n) is 1.67. The highest BCUT2D eigenvalue weighted by molar-refractivity contribution is 7.99. The van der Waals surface area contributed by atoms with Crippen LogP contribution in [0.25, 0.3) is 0 Å². The van der Waals surface area contributed by atoms with Gasteiger partial charge in [0, 0.05) is 6.04 Å². The molecule has 0 fully saturated rings. The first-order chi connectivity index (χ1) is 8.70. The number of rotatable bonds is 5. The SMILES string of the molecule is CCC(N)C(Sc1ncn[nH]1)c1cccc(F)c1. The molecule has 2 unspecified atom stereocenters. The van der Waals surface area contributed by atoms with E-state index in [2.05, 4.69) is 15.2 Å². The highest BCUT2D eigenvalue weighted by atomic mass is 32.2. The summed E-state index contributed by atoms with van der Waals surface area (Å²) in [4.78, 5) is 4.07. The molecule has 6 heteroatoms. The number of nitrogens with two attached hydrogens (primary N) is 1. The second kappa shape index (κ2) is 5.97. The van der Waals surface area contributed by atoms with E-state index >= 15 is 0 Å². The normalized spacial score (nSPS) is 14.4. The maximum Gasteiger partial charge on any atom is 0.184 e. The number of H-pyrrole nitrogens is 1. The minimum atomic E-state index is -0.251. The van der Waals surface area contributed by atoms with Gasteiger partial charge in [-0.3, -0.25) is 5.10 Å². The Labute approximate surface area is 109 Å². The van der Waals surface area contributed by atoms with Crippen LogP contribution in [0.2, 0.25) is 0 Å². The molecule has 4 nitrogen and oxygen atoms in total. The van der Waals surface area contributed by atoms with Gasteiger partial charge in [0.05, 0.1) is 5.25 Å². The lowest BCUT2D eigenvalue weighted by molar-refractivity contribution is 0.609. The van der Waals surface area contributed by atoms with Crippen molar-refractivity contribution in [2.45, 2.75) is 29.8 Å². The van der Waals surface area contributed by atoms with Crippen LogP contribution in [-0.2, 0) is 0 Å². The molecular weight excluding hydrogens is 251 g/mol. The molecule has 1 heterocycles. The Kier molecular flexibility index (Phi) is 4.33. The van der Waals surface area contributed by atoms with E-state index in [4.69, 9.17) is 5.73 Å². The summed E-state index contributed by atoms with van der Waals surface area (Å²) in [6.07, 6.45) is 2.25. The summed E-state index contributed by atoms with van der Waals surface area (Å²) < 4.78 is 13.3. The largest absolute Gasteiger partial charge is 0.326 e. The summed E-state index contributed by atoms with van der Waals surface area (Å²) in [5.41, 5.74) is 6.98. The van der Waals surface area contributed by atoms with Crippen LogP contribution in [-0.4, -0.2) is 21.2 Å². The molecule has 0 spiro atoms. The smallest absolute Gasteiger partial charge is 0.184 e. The molecule has 3 N–H and O–H groups in total. The Morgan fingerprint density at radius 3 is 2.94 bits per heavy atom. The molecule has 0 bridgehead atoms. The average molecular weight is 266 g/mol. The molecule has 96 valence electrons. The zero-order valence-electron chi connectivity index (χ0n) is 10.0. The third kappa shape index (κ3) is 3.08. The number of aromatic nitrogens is 3. The lowest BCUT2D eigenvalue weighted by atomic mass is 10.0. The minimum absolute atomic E-state index is 0.0429. The standard InChI is InChI=1S/C12H15FN4S/c1-2-10(14)11(18-12-15-7-16-17-12)8-4-3-5-9(13)6-8/h3-7,10-11H,2,14H2,1H3,(H,15,16,17). The zero-order valence-corrected chi connectivity index (χ0v) is 10.8. The predicted molar refractivity (Wildman–Crippen MR) is 69.6 cm³/mol. The van der Waals surface area contributed by atoms with E-state index in [9.17, 15) is 4.39 Å². The topological polar surface area (TPSA) is 67.6 Å². The molecule has 0 aliphatic heterocycles. The molecule has 0 aliphatic rings. The summed E-state index contributed by atoms with van der Waals surface area (Å²) in [6.45, 7) is 2.01. The summed E-state index contributed by atoms with van der Waals surface area (Å²) >= 11 is 1.47. The van der Waals surface area contributed by atoms with E-state index in [0.717, 1.165) is 12.0 Å². The van der Waals surface area contributed by atoms with Gasteiger partial charge in [-0.25, -0.2) is 9.37 Å². The highest BCUT2D eigenvalue weighted by Gasteiger charge is 2.21. The van der Waals surface area contributed by atoms with Gasteiger partial charge in [0.2, 0.25) is 0 Å². The Hall–Kier alpha value is -1.40. The van der Waals surface area contributed by atoms with Crippen LogP contribution in [0.4, 0.5) is 4.39 Å². The van der Waals surface area contributed by atoms with Crippen LogP contribution >= 0.6 is 11.8 Å². The van der Waals surface area contributed by atoms with Crippen molar-refractivity contribution in [2.24, 2.45) is 5.73 Å². The molecule has 2 rings (SSSR count). The first kappa shape index (κ1) is 13.0. The fourth-order valence-corrected chi connectivity index (χ4v) is 2.78. The first-order valence-electron chi connectivity index (χ1n) is 5.73. The number of thioether (sulfide) groups is 1. The Balaban J connectivity index is 2.25. The summed E-state index contributed by atoms with van der Waals surface area (Å²) in [5.74, 6) is -0.251. The maximum absolute atomic E-state index is 13.3. The van der Waals surface area contributed by atoms with Crippen molar-refractivity contribution >= 4 is 11.8 Å². The molecule has 0 saturated carbocycles. The van der Waals surface area contributed by atoms with Gasteiger partial charge in [0.25, 0.3) is 0 Å². The fraction of sp³-hybridized carbons (Fsp3) is 0.333. The van der Waals surface area contributed by atoms with Crippen molar-refractivity contribution < 1.29 is 4.39 Å². The van der Waals surface area contributed by atoms with Crippen molar-refractivity contribution in [3.05, 3.63) is 42.0 Å². The first-order valence-corrected chi connectivity index (χ1v) is 6.61. The summed E-state index contributed by atoms with van der Waals surface area (Å²) in [5, 5.41) is 7.23. The third-order valence-corrected chi connectivity index (χ3v) is 3.96. The monoisotopic (exact) mass is 266 g/mol. The van der Waals surface area contributed by atoms with Crippen molar-refractivity contribution in [1.29, 1.82) is 0 Å². The van der Waals surface area contributed by atoms with Crippen LogP contribution in [0.1, 0.15) is 24.2 Å². The minimum Gasteiger partial charge on any atom is -0.326 e. The lowest BCUT2D eigenvalue weighted by Crippen LogP contribution is -2.25. The highest BCUT2D eigenvalue weighted by Crippen LogP contribution is 2.36. The Morgan fingerprint density at radius 2 is 2.33 bits per heavy atom. The van der Waals surface area contributed by atoms with Crippen molar-refractivity contribution in [3.8, 4) is 0 Å². The van der Waals surface area contributed by atoms with Crippen LogP contribution in [0.15, 0.2) is 35.7 Å². The van der Waals surface area contributed by atoms with Gasteiger partial charge in [-0.2, -0.15) is 5.10 Å². The maximum atomic E-state index is 13.3. The molecule has 1 aromatic carbocycles. The van der Waals surface area contributed by atoms with Gasteiger partial charge in [0.1, 0.15) is 12.1 Å². The molecule has 0 saturated heterocycles. The van der Waals surface area contributed by atoms with Crippen LogP contribution in [0.5, 0.6) is 0 Å². The summed E-state index contributed by atoms with van der Waals surface area (Å²) in [7, 11) is 0. The number of nitrogens with zero attached hydrogens (tertiary/aromatic N) is 2. The van der Waals surface area contributed by atoms with Gasteiger partial charge < -0.3 is 5.73 Å². The molecular formula is C12H15FN4S. The lowest BCUT2D eigenvalue weighted by Gasteiger charge is -2.21. The number of halogens is 1. The van der Waals surface area contributed by atoms with Gasteiger partial charge in [-0.05, 0) is 24.1 Å². The molecule has 0 aliphatic carbocycles. The average Bonchev–Trinajstić information content (AvgIpc) is 2.88. The van der Waals surface area contributed by atoms with Gasteiger partial charge in [-0.1, -0.05) is 30.8 Å². The predicted octanol–water partition coefficient (Wildman–Crippen LogP) is 2.51. The molecule has 1 aromatic heterocycles. The van der Waals surface area contributed by atoms with E-state index < -0.39 is 0 Å². The van der Waals surface area contributed by atoms with E-state index in [0.29, 0.717) is 5.16 Å². The molecule has 2 aromatic rings. The number of benzene rings is 1. The van der Waals surface area contributed by atoms with Gasteiger partial charge in [-0.15, -0.1) is 0 Å². The number of hydrogen-bond acceptors (Lipinski definition) is 4. The Morgan fingerprint density at radius 1 is 1.50 bits per heavy atom. The number of nitrogens with one attached hydrogen (secondary N) is 1. The van der Waals surface area contributed by atoms with E-state index in [-0.39, 0.29) is 17.1 Å². The quantitative estimate of drug-likeness (QED) is 0.816. The van der Waals surface area contributed by atoms with E-state index in [1.165, 1.54) is 30.2 Å². The number of aromatic amines is 1. The molecule has 0 amide bonds. The second-order valence-electron chi connectivity index (χ2n) is 3.96. The number of hydrogen-bond donors (Lipinski definition) is 2. The van der Waals surface area contributed by atoms with Crippen LogP contribution in [0, 0.1) is 5.82 Å². The van der Waals surface area contributed by atoms with Crippen LogP contribution < -0.4 is 5.73 Å².